The van der Waals surface area contributed by atoms with Crippen molar-refractivity contribution in [2.24, 2.45) is 0 Å². The van der Waals surface area contributed by atoms with Gasteiger partial charge in [0.2, 0.25) is 0 Å². The maximum atomic E-state index is 12.8. The molecule has 0 amide bonds. The van der Waals surface area contributed by atoms with Crippen LogP contribution in [0.25, 0.3) is 0 Å². The molecule has 6 heteroatoms. The Morgan fingerprint density at radius 1 is 0.349 bits per heavy atom. The van der Waals surface area contributed by atoms with Crippen LogP contribution in [0, 0.1) is 0 Å². The fourth-order valence-corrected chi connectivity index (χ4v) is 7.11. The third-order valence-electron chi connectivity index (χ3n) is 11.0. The number of carbonyl (C=O) groups is 3. The lowest BCUT2D eigenvalue weighted by atomic mass is 10.0. The van der Waals surface area contributed by atoms with Gasteiger partial charge in [0.05, 0.1) is 0 Å². The maximum Gasteiger partial charge on any atom is 0.306 e. The summed E-state index contributed by atoms with van der Waals surface area (Å²) in [4.78, 5) is 38.0. The monoisotopic (exact) mass is 877 g/mol. The van der Waals surface area contributed by atoms with E-state index in [4.69, 9.17) is 14.2 Å². The Morgan fingerprint density at radius 3 is 1.19 bits per heavy atom. The van der Waals surface area contributed by atoms with Crippen LogP contribution in [0.3, 0.4) is 0 Å². The Labute approximate surface area is 388 Å². The summed E-state index contributed by atoms with van der Waals surface area (Å²) in [6.07, 6.45) is 65.7. The molecule has 0 aliphatic carbocycles. The predicted molar refractivity (Wildman–Crippen MR) is 270 cm³/mol. The van der Waals surface area contributed by atoms with Crippen LogP contribution in [-0.4, -0.2) is 37.2 Å². The lowest BCUT2D eigenvalue weighted by Gasteiger charge is -2.18. The Balaban J connectivity index is 4.42. The Hall–Kier alpha value is -3.41. The highest BCUT2D eigenvalue weighted by Gasteiger charge is 2.19. The molecule has 6 nitrogen and oxygen atoms in total. The Bertz CT molecular complexity index is 1240. The zero-order valence-electron chi connectivity index (χ0n) is 41.1. The number of ether oxygens (including phenoxy) is 3. The van der Waals surface area contributed by atoms with Gasteiger partial charge in [-0.1, -0.05) is 234 Å². The van der Waals surface area contributed by atoms with Crippen molar-refractivity contribution in [1.29, 1.82) is 0 Å². The van der Waals surface area contributed by atoms with E-state index in [-0.39, 0.29) is 31.1 Å². The molecule has 1 unspecified atom stereocenters. The highest BCUT2D eigenvalue weighted by Crippen LogP contribution is 2.16. The first kappa shape index (κ1) is 59.6. The molecule has 0 aliphatic rings. The van der Waals surface area contributed by atoms with Crippen LogP contribution in [0.4, 0.5) is 0 Å². The van der Waals surface area contributed by atoms with Crippen molar-refractivity contribution in [1.82, 2.24) is 0 Å². The summed E-state index contributed by atoms with van der Waals surface area (Å²) in [6, 6.07) is 0. The first-order valence-corrected chi connectivity index (χ1v) is 26.1. The topological polar surface area (TPSA) is 78.9 Å². The van der Waals surface area contributed by atoms with E-state index in [1.165, 1.54) is 96.3 Å². The molecular weight excluding hydrogens is 781 g/mol. The average Bonchev–Trinajstić information content (AvgIpc) is 3.28. The predicted octanol–water partition coefficient (Wildman–Crippen LogP) is 17.2. The minimum Gasteiger partial charge on any atom is -0.462 e. The van der Waals surface area contributed by atoms with Crippen molar-refractivity contribution in [3.05, 3.63) is 85.1 Å². The summed E-state index contributed by atoms with van der Waals surface area (Å²) in [5.74, 6) is -0.961. The molecular formula is C57H96O6. The zero-order chi connectivity index (χ0) is 45.8. The van der Waals surface area contributed by atoms with Crippen LogP contribution in [0.15, 0.2) is 85.1 Å². The minimum absolute atomic E-state index is 0.0973. The van der Waals surface area contributed by atoms with Crippen molar-refractivity contribution >= 4 is 17.9 Å². The van der Waals surface area contributed by atoms with E-state index >= 15 is 0 Å². The van der Waals surface area contributed by atoms with Gasteiger partial charge >= 0.3 is 17.9 Å². The van der Waals surface area contributed by atoms with Crippen LogP contribution in [-0.2, 0) is 28.6 Å². The van der Waals surface area contributed by atoms with Gasteiger partial charge < -0.3 is 14.2 Å². The maximum absolute atomic E-state index is 12.8. The largest absolute Gasteiger partial charge is 0.462 e. The number of allylic oxidation sites excluding steroid dienone is 14. The second-order valence-corrected chi connectivity index (χ2v) is 17.1. The Morgan fingerprint density at radius 2 is 0.698 bits per heavy atom. The van der Waals surface area contributed by atoms with Crippen LogP contribution in [0.5, 0.6) is 0 Å². The van der Waals surface area contributed by atoms with Crippen LogP contribution >= 0.6 is 0 Å². The first-order chi connectivity index (χ1) is 31.0. The molecule has 0 saturated carbocycles. The van der Waals surface area contributed by atoms with Crippen molar-refractivity contribution in [3.63, 3.8) is 0 Å². The number of carbonyl (C=O) groups excluding carboxylic acids is 3. The molecule has 63 heavy (non-hydrogen) atoms. The molecule has 0 aromatic rings. The minimum atomic E-state index is -0.802. The van der Waals surface area contributed by atoms with Gasteiger partial charge in [-0.15, -0.1) is 0 Å². The van der Waals surface area contributed by atoms with Crippen molar-refractivity contribution in [2.75, 3.05) is 13.2 Å². The second kappa shape index (κ2) is 51.2. The molecule has 0 aromatic carbocycles. The standard InChI is InChI=1S/C57H96O6/c1-4-7-10-13-16-19-22-25-27-28-29-31-32-35-38-41-44-47-50-56(59)62-53-54(52-61-55(58)49-46-43-40-37-34-24-21-18-15-12-9-6-3)63-57(60)51-48-45-42-39-36-33-30-26-23-20-17-14-11-8-5-2/h8-9,11-12,14,17-18,20-21,23,26,30,34,37,54H,4-7,10,13,15-16,19,22,24-25,27-29,31-33,35-36,38-53H2,1-3H3/b11-8-,12-9-,17-14-,21-18-,23-20-,30-26-,37-34-. The van der Waals surface area contributed by atoms with Gasteiger partial charge in [-0.05, 0) is 70.6 Å². The normalized spacial score (nSPS) is 12.7. The van der Waals surface area contributed by atoms with Gasteiger partial charge in [-0.3, -0.25) is 14.4 Å². The molecule has 0 spiro atoms. The average molecular weight is 877 g/mol. The van der Waals surface area contributed by atoms with E-state index in [2.05, 4.69) is 87.6 Å². The number of hydrogen-bond acceptors (Lipinski definition) is 6. The van der Waals surface area contributed by atoms with E-state index in [0.29, 0.717) is 19.3 Å². The Kier molecular flexibility index (Phi) is 48.5. The summed E-state index contributed by atoms with van der Waals surface area (Å²) >= 11 is 0. The number of unbranched alkanes of at least 4 members (excludes halogenated alkanes) is 24. The van der Waals surface area contributed by atoms with Gasteiger partial charge in [0.15, 0.2) is 6.10 Å². The van der Waals surface area contributed by atoms with Gasteiger partial charge in [0.25, 0.3) is 0 Å². The van der Waals surface area contributed by atoms with Gasteiger partial charge in [-0.25, -0.2) is 0 Å². The smallest absolute Gasteiger partial charge is 0.306 e. The number of hydrogen-bond donors (Lipinski definition) is 0. The fourth-order valence-electron chi connectivity index (χ4n) is 7.11. The second-order valence-electron chi connectivity index (χ2n) is 17.1. The lowest BCUT2D eigenvalue weighted by molar-refractivity contribution is -0.167. The quantitative estimate of drug-likeness (QED) is 0.0199. The van der Waals surface area contributed by atoms with Crippen molar-refractivity contribution < 1.29 is 28.6 Å². The van der Waals surface area contributed by atoms with E-state index in [9.17, 15) is 14.4 Å². The van der Waals surface area contributed by atoms with Gasteiger partial charge in [-0.2, -0.15) is 0 Å². The summed E-state index contributed by atoms with van der Waals surface area (Å²) in [7, 11) is 0. The highest BCUT2D eigenvalue weighted by atomic mass is 16.6. The molecule has 0 aliphatic heterocycles. The summed E-state index contributed by atoms with van der Waals surface area (Å²) < 4.78 is 16.7. The molecule has 0 rings (SSSR count). The SMILES string of the molecule is CC\C=C/C=C\C=C/C=C\CCCCCCCC(=O)OC(COC(=O)CCCC/C=C\C/C=C\C/C=C\CC)COC(=O)CCCCCCCCCCCCCCCCCCCC. The van der Waals surface area contributed by atoms with E-state index in [0.717, 1.165) is 103 Å². The zero-order valence-corrected chi connectivity index (χ0v) is 41.1. The van der Waals surface area contributed by atoms with Gasteiger partial charge in [0, 0.05) is 19.3 Å². The molecule has 1 atom stereocenters. The molecule has 0 radical (unpaired) electrons. The first-order valence-electron chi connectivity index (χ1n) is 26.1. The fraction of sp³-hybridized carbons (Fsp3) is 0.702. The molecule has 0 heterocycles. The number of rotatable bonds is 46. The molecule has 0 N–H and O–H groups in total. The molecule has 0 fully saturated rings. The van der Waals surface area contributed by atoms with Crippen LogP contribution in [0.2, 0.25) is 0 Å². The van der Waals surface area contributed by atoms with Crippen molar-refractivity contribution in [3.8, 4) is 0 Å². The highest BCUT2D eigenvalue weighted by molar-refractivity contribution is 5.71. The summed E-state index contributed by atoms with van der Waals surface area (Å²) in [6.45, 7) is 6.34. The molecule has 0 saturated heterocycles. The van der Waals surface area contributed by atoms with Crippen molar-refractivity contribution in [2.45, 2.75) is 245 Å². The molecule has 0 aromatic heterocycles. The summed E-state index contributed by atoms with van der Waals surface area (Å²) in [5, 5.41) is 0. The third-order valence-corrected chi connectivity index (χ3v) is 11.0. The number of esters is 3. The van der Waals surface area contributed by atoms with Gasteiger partial charge in [0.1, 0.15) is 13.2 Å². The van der Waals surface area contributed by atoms with E-state index < -0.39 is 6.10 Å². The van der Waals surface area contributed by atoms with Crippen LogP contribution in [0.1, 0.15) is 239 Å². The summed E-state index contributed by atoms with van der Waals surface area (Å²) in [5.41, 5.74) is 0. The van der Waals surface area contributed by atoms with E-state index in [1.54, 1.807) is 0 Å². The molecule has 0 bridgehead atoms. The molecule has 360 valence electrons. The lowest BCUT2D eigenvalue weighted by Crippen LogP contribution is -2.30. The van der Waals surface area contributed by atoms with E-state index in [1.807, 2.05) is 18.2 Å². The third kappa shape index (κ3) is 49.5. The van der Waals surface area contributed by atoms with Crippen LogP contribution < -0.4 is 0 Å².